The molecule has 0 saturated heterocycles. The highest BCUT2D eigenvalue weighted by molar-refractivity contribution is 6.36. The van der Waals surface area contributed by atoms with Crippen molar-refractivity contribution < 1.29 is 0 Å². The molecule has 3 aromatic rings. The van der Waals surface area contributed by atoms with E-state index < -0.39 is 0 Å². The van der Waals surface area contributed by atoms with Crippen molar-refractivity contribution in [2.45, 2.75) is 6.54 Å². The zero-order valence-corrected chi connectivity index (χ0v) is 12.0. The van der Waals surface area contributed by atoms with Crippen molar-refractivity contribution in [2.24, 2.45) is 0 Å². The lowest BCUT2D eigenvalue weighted by Gasteiger charge is -2.08. The minimum atomic E-state index is 0.485. The van der Waals surface area contributed by atoms with E-state index in [1.807, 2.05) is 47.1 Å². The summed E-state index contributed by atoms with van der Waals surface area (Å²) < 4.78 is 1.81. The molecule has 0 N–H and O–H groups in total. The summed E-state index contributed by atoms with van der Waals surface area (Å²) in [5, 5.41) is 7.00. The zero-order chi connectivity index (χ0) is 13.4. The molecule has 0 unspecified atom stereocenters. The quantitative estimate of drug-likeness (QED) is 0.648. The Kier molecular flexibility index (Phi) is 3.40. The van der Waals surface area contributed by atoms with Gasteiger partial charge < -0.3 is 0 Å². The second kappa shape index (κ2) is 5.04. The van der Waals surface area contributed by atoms with Crippen molar-refractivity contribution in [3.05, 3.63) is 63.2 Å². The molecule has 2 aromatic carbocycles. The fourth-order valence-electron chi connectivity index (χ4n) is 2.04. The van der Waals surface area contributed by atoms with Crippen molar-refractivity contribution >= 4 is 45.7 Å². The molecule has 0 fully saturated rings. The lowest BCUT2D eigenvalue weighted by Crippen LogP contribution is -2.02. The van der Waals surface area contributed by atoms with Crippen molar-refractivity contribution in [3.63, 3.8) is 0 Å². The Bertz CT molecular complexity index is 729. The third kappa shape index (κ3) is 2.32. The van der Waals surface area contributed by atoms with Crippen molar-refractivity contribution in [3.8, 4) is 0 Å². The van der Waals surface area contributed by atoms with E-state index in [-0.39, 0.29) is 0 Å². The third-order valence-electron chi connectivity index (χ3n) is 2.98. The summed E-state index contributed by atoms with van der Waals surface area (Å²) in [6.45, 7) is 0.492. The lowest BCUT2D eigenvalue weighted by atomic mass is 10.2. The normalized spacial score (nSPS) is 11.1. The van der Waals surface area contributed by atoms with Gasteiger partial charge in [-0.15, -0.1) is 0 Å². The molecule has 0 aliphatic carbocycles. The molecular formula is C14H9Cl3N2. The first-order valence-electron chi connectivity index (χ1n) is 5.71. The van der Waals surface area contributed by atoms with Gasteiger partial charge in [-0.05, 0) is 24.3 Å². The van der Waals surface area contributed by atoms with E-state index >= 15 is 0 Å². The molecule has 19 heavy (non-hydrogen) atoms. The zero-order valence-electron chi connectivity index (χ0n) is 9.78. The fourth-order valence-corrected chi connectivity index (χ4v) is 2.81. The minimum Gasteiger partial charge on any atom is -0.259 e. The molecule has 5 heteroatoms. The van der Waals surface area contributed by atoms with Crippen LogP contribution in [0.15, 0.2) is 42.5 Å². The van der Waals surface area contributed by atoms with Gasteiger partial charge in [-0.3, -0.25) is 4.68 Å². The van der Waals surface area contributed by atoms with Gasteiger partial charge in [-0.25, -0.2) is 0 Å². The van der Waals surface area contributed by atoms with Crippen LogP contribution < -0.4 is 0 Å². The highest BCUT2D eigenvalue weighted by Gasteiger charge is 2.11. The maximum absolute atomic E-state index is 6.18. The number of fused-ring (bicyclic) bond motifs is 1. The molecule has 0 saturated carbocycles. The molecule has 0 spiro atoms. The Morgan fingerprint density at radius 1 is 0.895 bits per heavy atom. The molecule has 96 valence electrons. The highest BCUT2D eigenvalue weighted by atomic mass is 35.5. The summed E-state index contributed by atoms with van der Waals surface area (Å²) in [7, 11) is 0. The summed E-state index contributed by atoms with van der Waals surface area (Å²) >= 11 is 18.5. The number of halogens is 3. The van der Waals surface area contributed by atoms with Crippen LogP contribution >= 0.6 is 34.8 Å². The number of para-hydroxylation sites is 1. The van der Waals surface area contributed by atoms with Crippen LogP contribution in [0.1, 0.15) is 5.56 Å². The SMILES string of the molecule is Clc1cccc(Cl)c1Cn1nc(Cl)c2ccccc21. The highest BCUT2D eigenvalue weighted by Crippen LogP contribution is 2.28. The van der Waals surface area contributed by atoms with E-state index in [9.17, 15) is 0 Å². The average molecular weight is 312 g/mol. The number of benzene rings is 2. The molecule has 0 aliphatic heterocycles. The number of nitrogens with zero attached hydrogens (tertiary/aromatic N) is 2. The van der Waals surface area contributed by atoms with Crippen LogP contribution in [0.3, 0.4) is 0 Å². The van der Waals surface area contributed by atoms with Gasteiger partial charge >= 0.3 is 0 Å². The van der Waals surface area contributed by atoms with Crippen molar-refractivity contribution in [1.82, 2.24) is 9.78 Å². The average Bonchev–Trinajstić information content (AvgIpc) is 2.72. The van der Waals surface area contributed by atoms with Gasteiger partial charge in [0.25, 0.3) is 0 Å². The van der Waals surface area contributed by atoms with Gasteiger partial charge in [0.05, 0.1) is 12.1 Å². The summed E-state index contributed by atoms with van der Waals surface area (Å²) in [6, 6.07) is 13.2. The summed E-state index contributed by atoms with van der Waals surface area (Å²) in [4.78, 5) is 0. The van der Waals surface area contributed by atoms with Crippen LogP contribution in [-0.4, -0.2) is 9.78 Å². The van der Waals surface area contributed by atoms with Crippen LogP contribution in [0.25, 0.3) is 10.9 Å². The van der Waals surface area contributed by atoms with Crippen molar-refractivity contribution in [2.75, 3.05) is 0 Å². The predicted octanol–water partition coefficient (Wildman–Crippen LogP) is 5.04. The molecule has 1 aromatic heterocycles. The number of hydrogen-bond acceptors (Lipinski definition) is 1. The molecule has 1 heterocycles. The maximum atomic E-state index is 6.18. The number of rotatable bonds is 2. The largest absolute Gasteiger partial charge is 0.259 e. The molecule has 0 amide bonds. The molecule has 2 nitrogen and oxygen atoms in total. The van der Waals surface area contributed by atoms with Gasteiger partial charge in [0.2, 0.25) is 0 Å². The van der Waals surface area contributed by atoms with Crippen LogP contribution in [0, 0.1) is 0 Å². The van der Waals surface area contributed by atoms with E-state index in [1.54, 1.807) is 0 Å². The Balaban J connectivity index is 2.11. The Hall–Kier alpha value is -1.22. The number of hydrogen-bond donors (Lipinski definition) is 0. The second-order valence-electron chi connectivity index (χ2n) is 4.17. The molecule has 3 rings (SSSR count). The van der Waals surface area contributed by atoms with Gasteiger partial charge in [0.1, 0.15) is 0 Å². The standard InChI is InChI=1S/C14H9Cl3N2/c15-11-5-3-6-12(16)10(11)8-19-13-7-2-1-4-9(13)14(17)18-19/h1-7H,8H2. The van der Waals surface area contributed by atoms with E-state index in [4.69, 9.17) is 34.8 Å². The molecule has 0 bridgehead atoms. The topological polar surface area (TPSA) is 17.8 Å². The van der Waals surface area contributed by atoms with Gasteiger partial charge in [0.15, 0.2) is 5.15 Å². The van der Waals surface area contributed by atoms with Gasteiger partial charge in [0, 0.05) is 21.0 Å². The second-order valence-corrected chi connectivity index (χ2v) is 5.34. The van der Waals surface area contributed by atoms with Crippen LogP contribution in [0.2, 0.25) is 15.2 Å². The monoisotopic (exact) mass is 310 g/mol. The van der Waals surface area contributed by atoms with Crippen LogP contribution in [0.4, 0.5) is 0 Å². The van der Waals surface area contributed by atoms with Crippen molar-refractivity contribution in [1.29, 1.82) is 0 Å². The number of aromatic nitrogens is 2. The summed E-state index contributed by atoms with van der Waals surface area (Å²) in [6.07, 6.45) is 0. The van der Waals surface area contributed by atoms with Crippen LogP contribution in [0.5, 0.6) is 0 Å². The third-order valence-corrected chi connectivity index (χ3v) is 3.97. The summed E-state index contributed by atoms with van der Waals surface area (Å²) in [5.41, 5.74) is 1.80. The van der Waals surface area contributed by atoms with Gasteiger partial charge in [-0.2, -0.15) is 5.10 Å². The van der Waals surface area contributed by atoms with E-state index in [0.29, 0.717) is 21.7 Å². The Morgan fingerprint density at radius 3 is 2.32 bits per heavy atom. The Labute approximate surface area is 125 Å². The first kappa shape index (κ1) is 12.8. The predicted molar refractivity (Wildman–Crippen MR) is 80.3 cm³/mol. The van der Waals surface area contributed by atoms with E-state index in [0.717, 1.165) is 16.5 Å². The fraction of sp³-hybridized carbons (Fsp3) is 0.0714. The van der Waals surface area contributed by atoms with Crippen LogP contribution in [-0.2, 0) is 6.54 Å². The molecule has 0 aliphatic rings. The molecule has 0 atom stereocenters. The van der Waals surface area contributed by atoms with E-state index in [1.165, 1.54) is 0 Å². The summed E-state index contributed by atoms with van der Waals surface area (Å²) in [5.74, 6) is 0. The van der Waals surface area contributed by atoms with E-state index in [2.05, 4.69) is 5.10 Å². The Morgan fingerprint density at radius 2 is 1.58 bits per heavy atom. The molecular weight excluding hydrogens is 303 g/mol. The maximum Gasteiger partial charge on any atom is 0.158 e. The van der Waals surface area contributed by atoms with Gasteiger partial charge in [-0.1, -0.05) is 53.0 Å². The minimum absolute atomic E-state index is 0.485. The molecule has 0 radical (unpaired) electrons. The smallest absolute Gasteiger partial charge is 0.158 e. The first-order valence-corrected chi connectivity index (χ1v) is 6.84. The lowest BCUT2D eigenvalue weighted by molar-refractivity contribution is 0.713. The first-order chi connectivity index (χ1) is 9.16.